The van der Waals surface area contributed by atoms with E-state index in [0.717, 1.165) is 36.2 Å². The molecule has 1 heterocycles. The number of hydrogen-bond donors (Lipinski definition) is 1. The van der Waals surface area contributed by atoms with Crippen LogP contribution in [-0.4, -0.2) is 16.0 Å². The molecule has 1 aromatic heterocycles. The second-order valence-electron chi connectivity index (χ2n) is 5.53. The maximum atomic E-state index is 10.7. The molecule has 21 heavy (non-hydrogen) atoms. The first-order valence-corrected chi connectivity index (χ1v) is 7.92. The molecule has 0 spiro atoms. The highest BCUT2D eigenvalue weighted by atomic mass is 16.1. The summed E-state index contributed by atoms with van der Waals surface area (Å²) in [7, 11) is 0. The van der Waals surface area contributed by atoms with Crippen LogP contribution in [0.3, 0.4) is 0 Å². The quantitative estimate of drug-likeness (QED) is 0.563. The molecule has 0 aliphatic heterocycles. The number of aromatic nitrogens is 2. The molecule has 1 N–H and O–H groups in total. The van der Waals surface area contributed by atoms with Crippen LogP contribution in [0.2, 0.25) is 0 Å². The van der Waals surface area contributed by atoms with Crippen LogP contribution >= 0.6 is 0 Å². The van der Waals surface area contributed by atoms with E-state index in [1.165, 1.54) is 25.7 Å². The van der Waals surface area contributed by atoms with Crippen LogP contribution in [0.25, 0.3) is 11.0 Å². The van der Waals surface area contributed by atoms with Gasteiger partial charge in [0.2, 0.25) is 6.41 Å². The summed E-state index contributed by atoms with van der Waals surface area (Å²) in [5.41, 5.74) is 2.16. The Balaban J connectivity index is 2.17. The smallest absolute Gasteiger partial charge is 0.207 e. The molecular formula is C17H25N3O. The lowest BCUT2D eigenvalue weighted by Crippen LogP contribution is -2.20. The molecular weight excluding hydrogens is 262 g/mol. The van der Waals surface area contributed by atoms with Gasteiger partial charge in [-0.3, -0.25) is 4.79 Å². The molecule has 114 valence electrons. The highest BCUT2D eigenvalue weighted by Gasteiger charge is 2.15. The normalized spacial score (nSPS) is 12.5. The van der Waals surface area contributed by atoms with Crippen LogP contribution in [0, 0.1) is 0 Å². The Labute approximate surface area is 126 Å². The SMILES string of the molecule is CCCCCCCn1c(C(C)NC=O)nc2ccccc21. The molecule has 4 nitrogen and oxygen atoms in total. The van der Waals surface area contributed by atoms with Crippen LogP contribution < -0.4 is 5.32 Å². The average Bonchev–Trinajstić information content (AvgIpc) is 2.86. The number of nitrogens with zero attached hydrogens (tertiary/aromatic N) is 2. The Kier molecular flexibility index (Phi) is 5.78. The summed E-state index contributed by atoms with van der Waals surface area (Å²) in [6.07, 6.45) is 7.01. The minimum atomic E-state index is -0.0643. The second kappa shape index (κ2) is 7.81. The molecule has 1 aromatic carbocycles. The van der Waals surface area contributed by atoms with E-state index in [9.17, 15) is 4.79 Å². The highest BCUT2D eigenvalue weighted by molar-refractivity contribution is 5.76. The van der Waals surface area contributed by atoms with E-state index in [4.69, 9.17) is 0 Å². The molecule has 0 saturated carbocycles. The van der Waals surface area contributed by atoms with Crippen molar-refractivity contribution in [1.29, 1.82) is 0 Å². The molecule has 2 rings (SSSR count). The summed E-state index contributed by atoms with van der Waals surface area (Å²) < 4.78 is 2.25. The fourth-order valence-electron chi connectivity index (χ4n) is 2.71. The van der Waals surface area contributed by atoms with Crippen molar-refractivity contribution in [2.24, 2.45) is 0 Å². The number of nitrogens with one attached hydrogen (secondary N) is 1. The van der Waals surface area contributed by atoms with Gasteiger partial charge in [-0.1, -0.05) is 44.7 Å². The van der Waals surface area contributed by atoms with E-state index in [0.29, 0.717) is 0 Å². The number of amides is 1. The molecule has 0 saturated heterocycles. The number of carbonyl (C=O) groups is 1. The van der Waals surface area contributed by atoms with Crippen molar-refractivity contribution < 1.29 is 4.79 Å². The van der Waals surface area contributed by atoms with Gasteiger partial charge >= 0.3 is 0 Å². The van der Waals surface area contributed by atoms with Crippen molar-refractivity contribution in [3.05, 3.63) is 30.1 Å². The van der Waals surface area contributed by atoms with E-state index in [2.05, 4.69) is 27.9 Å². The Hall–Kier alpha value is -1.84. The third-order valence-electron chi connectivity index (χ3n) is 3.87. The number of unbranched alkanes of at least 4 members (excludes halogenated alkanes) is 4. The van der Waals surface area contributed by atoms with Gasteiger partial charge in [0.1, 0.15) is 5.82 Å². The van der Waals surface area contributed by atoms with Gasteiger partial charge in [-0.15, -0.1) is 0 Å². The van der Waals surface area contributed by atoms with Crippen molar-refractivity contribution in [3.8, 4) is 0 Å². The summed E-state index contributed by atoms with van der Waals surface area (Å²) in [4.78, 5) is 15.4. The van der Waals surface area contributed by atoms with Crippen molar-refractivity contribution in [2.45, 2.75) is 58.5 Å². The Morgan fingerprint density at radius 3 is 2.76 bits per heavy atom. The molecule has 1 unspecified atom stereocenters. The lowest BCUT2D eigenvalue weighted by atomic mass is 10.1. The topological polar surface area (TPSA) is 46.9 Å². The first kappa shape index (κ1) is 15.5. The molecule has 0 radical (unpaired) electrons. The number of aryl methyl sites for hydroxylation is 1. The maximum Gasteiger partial charge on any atom is 0.207 e. The van der Waals surface area contributed by atoms with Crippen molar-refractivity contribution >= 4 is 17.4 Å². The maximum absolute atomic E-state index is 10.7. The monoisotopic (exact) mass is 287 g/mol. The summed E-state index contributed by atoms with van der Waals surface area (Å²) in [5, 5.41) is 2.81. The van der Waals surface area contributed by atoms with Crippen LogP contribution in [0.4, 0.5) is 0 Å². The van der Waals surface area contributed by atoms with Crippen molar-refractivity contribution in [1.82, 2.24) is 14.9 Å². The largest absolute Gasteiger partial charge is 0.349 e. The zero-order valence-corrected chi connectivity index (χ0v) is 13.0. The Morgan fingerprint density at radius 2 is 2.00 bits per heavy atom. The molecule has 0 fully saturated rings. The van der Waals surface area contributed by atoms with Crippen LogP contribution in [-0.2, 0) is 11.3 Å². The number of fused-ring (bicyclic) bond motifs is 1. The molecule has 0 aliphatic rings. The zero-order valence-electron chi connectivity index (χ0n) is 13.0. The van der Waals surface area contributed by atoms with Crippen molar-refractivity contribution in [3.63, 3.8) is 0 Å². The van der Waals surface area contributed by atoms with Gasteiger partial charge in [-0.25, -0.2) is 4.98 Å². The third kappa shape index (κ3) is 3.84. The molecule has 1 amide bonds. The van der Waals surface area contributed by atoms with Gasteiger partial charge in [-0.2, -0.15) is 0 Å². The Morgan fingerprint density at radius 1 is 1.24 bits per heavy atom. The molecule has 2 aromatic rings. The average molecular weight is 287 g/mol. The minimum Gasteiger partial charge on any atom is -0.349 e. The number of hydrogen-bond acceptors (Lipinski definition) is 2. The summed E-state index contributed by atoms with van der Waals surface area (Å²) in [6.45, 7) is 5.17. The first-order valence-electron chi connectivity index (χ1n) is 7.92. The molecule has 0 bridgehead atoms. The summed E-state index contributed by atoms with van der Waals surface area (Å²) in [5.74, 6) is 0.943. The van der Waals surface area contributed by atoms with Gasteiger partial charge in [0.05, 0.1) is 17.1 Å². The van der Waals surface area contributed by atoms with Crippen LogP contribution in [0.1, 0.15) is 57.8 Å². The number of rotatable bonds is 9. The van der Waals surface area contributed by atoms with Gasteiger partial charge in [0, 0.05) is 6.54 Å². The lowest BCUT2D eigenvalue weighted by molar-refractivity contribution is -0.110. The minimum absolute atomic E-state index is 0.0643. The van der Waals surface area contributed by atoms with Gasteiger partial charge < -0.3 is 9.88 Å². The second-order valence-corrected chi connectivity index (χ2v) is 5.53. The summed E-state index contributed by atoms with van der Waals surface area (Å²) >= 11 is 0. The fourth-order valence-corrected chi connectivity index (χ4v) is 2.71. The van der Waals surface area contributed by atoms with E-state index in [1.807, 2.05) is 25.1 Å². The van der Waals surface area contributed by atoms with E-state index in [-0.39, 0.29) is 6.04 Å². The summed E-state index contributed by atoms with van der Waals surface area (Å²) in [6, 6.07) is 8.11. The number of carbonyl (C=O) groups excluding carboxylic acids is 1. The lowest BCUT2D eigenvalue weighted by Gasteiger charge is -2.14. The van der Waals surface area contributed by atoms with Gasteiger partial charge in [-0.05, 0) is 25.5 Å². The standard InChI is InChI=1S/C17H25N3O/c1-3-4-5-6-9-12-20-16-11-8-7-10-15(16)19-17(20)14(2)18-13-21/h7-8,10-11,13-14H,3-6,9,12H2,1-2H3,(H,18,21). The van der Waals surface area contributed by atoms with E-state index < -0.39 is 0 Å². The van der Waals surface area contributed by atoms with E-state index >= 15 is 0 Å². The predicted molar refractivity (Wildman–Crippen MR) is 86.1 cm³/mol. The third-order valence-corrected chi connectivity index (χ3v) is 3.87. The molecule has 4 heteroatoms. The van der Waals surface area contributed by atoms with Crippen molar-refractivity contribution in [2.75, 3.05) is 0 Å². The van der Waals surface area contributed by atoms with Gasteiger partial charge in [0.25, 0.3) is 0 Å². The number of para-hydroxylation sites is 2. The van der Waals surface area contributed by atoms with Crippen LogP contribution in [0.15, 0.2) is 24.3 Å². The van der Waals surface area contributed by atoms with E-state index in [1.54, 1.807) is 0 Å². The fraction of sp³-hybridized carbons (Fsp3) is 0.529. The number of imidazole rings is 1. The zero-order chi connectivity index (χ0) is 15.1. The highest BCUT2D eigenvalue weighted by Crippen LogP contribution is 2.21. The van der Waals surface area contributed by atoms with Crippen LogP contribution in [0.5, 0.6) is 0 Å². The van der Waals surface area contributed by atoms with Gasteiger partial charge in [0.15, 0.2) is 0 Å². The molecule has 0 aliphatic carbocycles. The molecule has 1 atom stereocenters. The number of benzene rings is 1. The Bertz CT molecular complexity index is 576. The predicted octanol–water partition coefficient (Wildman–Crippen LogP) is 3.81. The first-order chi connectivity index (χ1) is 10.3.